The Labute approximate surface area is 120 Å². The van der Waals surface area contributed by atoms with Crippen molar-refractivity contribution in [1.82, 2.24) is 5.32 Å². The Morgan fingerprint density at radius 3 is 2.33 bits per heavy atom. The first-order valence-electron chi connectivity index (χ1n) is 6.74. The van der Waals surface area contributed by atoms with Crippen molar-refractivity contribution in [1.29, 1.82) is 0 Å². The Morgan fingerprint density at radius 1 is 1.11 bits per heavy atom. The lowest BCUT2D eigenvalue weighted by atomic mass is 9.77. The molecule has 0 amide bonds. The number of hydrogen-bond donors (Lipinski definition) is 1. The topological polar surface area (TPSA) is 12.0 Å². The Kier molecular flexibility index (Phi) is 4.94. The van der Waals surface area contributed by atoms with E-state index in [1.165, 1.54) is 31.2 Å². The maximum absolute atomic E-state index is 6.12. The van der Waals surface area contributed by atoms with Gasteiger partial charge in [0.15, 0.2) is 0 Å². The lowest BCUT2D eigenvalue weighted by Crippen LogP contribution is -2.28. The molecule has 1 aromatic rings. The van der Waals surface area contributed by atoms with Gasteiger partial charge in [-0.15, -0.1) is 0 Å². The van der Waals surface area contributed by atoms with E-state index in [1.807, 2.05) is 19.2 Å². The first kappa shape index (κ1) is 14.2. The number of halogens is 2. The monoisotopic (exact) mass is 285 g/mol. The number of benzene rings is 1. The molecule has 0 spiro atoms. The van der Waals surface area contributed by atoms with E-state index in [4.69, 9.17) is 23.2 Å². The molecule has 1 fully saturated rings. The minimum atomic E-state index is 0.396. The third kappa shape index (κ3) is 3.20. The van der Waals surface area contributed by atoms with Crippen molar-refractivity contribution in [2.75, 3.05) is 7.05 Å². The highest BCUT2D eigenvalue weighted by Gasteiger charge is 2.26. The summed E-state index contributed by atoms with van der Waals surface area (Å²) < 4.78 is 0. The SMILES string of the molecule is CNC(c1ccc(Cl)c(Cl)c1)C1CCC(C)CC1. The van der Waals surface area contributed by atoms with Crippen molar-refractivity contribution >= 4 is 23.2 Å². The van der Waals surface area contributed by atoms with Gasteiger partial charge in [-0.25, -0.2) is 0 Å². The summed E-state index contributed by atoms with van der Waals surface area (Å²) in [6.45, 7) is 2.35. The van der Waals surface area contributed by atoms with Gasteiger partial charge in [0.25, 0.3) is 0 Å². The van der Waals surface area contributed by atoms with Crippen LogP contribution in [0.2, 0.25) is 10.0 Å². The van der Waals surface area contributed by atoms with E-state index in [0.717, 1.165) is 5.92 Å². The van der Waals surface area contributed by atoms with Gasteiger partial charge in [-0.2, -0.15) is 0 Å². The van der Waals surface area contributed by atoms with Gasteiger partial charge in [-0.3, -0.25) is 0 Å². The molecule has 1 unspecified atom stereocenters. The van der Waals surface area contributed by atoms with E-state index < -0.39 is 0 Å². The van der Waals surface area contributed by atoms with Crippen LogP contribution >= 0.6 is 23.2 Å². The van der Waals surface area contributed by atoms with E-state index in [1.54, 1.807) is 0 Å². The summed E-state index contributed by atoms with van der Waals surface area (Å²) in [5, 5.41) is 4.73. The fourth-order valence-corrected chi connectivity index (χ4v) is 3.31. The molecule has 100 valence electrons. The van der Waals surface area contributed by atoms with Crippen molar-refractivity contribution in [3.05, 3.63) is 33.8 Å². The van der Waals surface area contributed by atoms with Crippen molar-refractivity contribution in [2.45, 2.75) is 38.6 Å². The van der Waals surface area contributed by atoms with Crippen molar-refractivity contribution in [2.24, 2.45) is 11.8 Å². The molecule has 1 aliphatic carbocycles. The van der Waals surface area contributed by atoms with Crippen LogP contribution in [-0.4, -0.2) is 7.05 Å². The second-order valence-electron chi connectivity index (χ2n) is 5.46. The molecule has 1 aromatic carbocycles. The van der Waals surface area contributed by atoms with Gasteiger partial charge >= 0.3 is 0 Å². The standard InChI is InChI=1S/C15H21Cl2N/c1-10-3-5-11(6-4-10)15(18-2)12-7-8-13(16)14(17)9-12/h7-11,15,18H,3-6H2,1-2H3. The molecule has 3 heteroatoms. The predicted molar refractivity (Wildman–Crippen MR) is 79.4 cm³/mol. The van der Waals surface area contributed by atoms with Crippen molar-refractivity contribution in [3.63, 3.8) is 0 Å². The second-order valence-corrected chi connectivity index (χ2v) is 6.27. The molecule has 0 aliphatic heterocycles. The summed E-state index contributed by atoms with van der Waals surface area (Å²) in [6, 6.07) is 6.39. The van der Waals surface area contributed by atoms with E-state index in [9.17, 15) is 0 Å². The quantitative estimate of drug-likeness (QED) is 0.817. The Morgan fingerprint density at radius 2 is 1.78 bits per heavy atom. The maximum Gasteiger partial charge on any atom is 0.0595 e. The number of nitrogens with one attached hydrogen (secondary N) is 1. The average molecular weight is 286 g/mol. The maximum atomic E-state index is 6.12. The van der Waals surface area contributed by atoms with Gasteiger partial charge in [0, 0.05) is 6.04 Å². The molecule has 2 rings (SSSR count). The van der Waals surface area contributed by atoms with Crippen LogP contribution in [0, 0.1) is 11.8 Å². The molecule has 1 saturated carbocycles. The highest BCUT2D eigenvalue weighted by Crippen LogP contribution is 2.37. The zero-order valence-corrected chi connectivity index (χ0v) is 12.6. The smallest absolute Gasteiger partial charge is 0.0595 e. The van der Waals surface area contributed by atoms with E-state index in [2.05, 4.69) is 18.3 Å². The fraction of sp³-hybridized carbons (Fsp3) is 0.600. The highest BCUT2D eigenvalue weighted by atomic mass is 35.5. The van der Waals surface area contributed by atoms with E-state index >= 15 is 0 Å². The van der Waals surface area contributed by atoms with E-state index in [0.29, 0.717) is 22.0 Å². The van der Waals surface area contributed by atoms with Crippen LogP contribution in [0.15, 0.2) is 18.2 Å². The summed E-state index contributed by atoms with van der Waals surface area (Å²) in [7, 11) is 2.03. The Balaban J connectivity index is 2.14. The molecular weight excluding hydrogens is 265 g/mol. The van der Waals surface area contributed by atoms with Gasteiger partial charge in [0.2, 0.25) is 0 Å². The molecular formula is C15H21Cl2N. The zero-order valence-electron chi connectivity index (χ0n) is 11.0. The van der Waals surface area contributed by atoms with Crippen LogP contribution in [0.25, 0.3) is 0 Å². The van der Waals surface area contributed by atoms with Crippen LogP contribution < -0.4 is 5.32 Å². The van der Waals surface area contributed by atoms with Gasteiger partial charge in [-0.1, -0.05) is 49.0 Å². The predicted octanol–water partition coefficient (Wildman–Crippen LogP) is 5.08. The van der Waals surface area contributed by atoms with Crippen LogP contribution in [0.3, 0.4) is 0 Å². The average Bonchev–Trinajstić information content (AvgIpc) is 2.37. The van der Waals surface area contributed by atoms with Crippen molar-refractivity contribution in [3.8, 4) is 0 Å². The minimum absolute atomic E-state index is 0.396. The lowest BCUT2D eigenvalue weighted by Gasteiger charge is -2.33. The molecule has 0 heterocycles. The molecule has 0 radical (unpaired) electrons. The van der Waals surface area contributed by atoms with Crippen LogP contribution in [0.5, 0.6) is 0 Å². The molecule has 0 aromatic heterocycles. The first-order chi connectivity index (χ1) is 8.61. The van der Waals surface area contributed by atoms with Crippen LogP contribution in [0.4, 0.5) is 0 Å². The van der Waals surface area contributed by atoms with Gasteiger partial charge in [0.1, 0.15) is 0 Å². The normalized spacial score (nSPS) is 26.0. The largest absolute Gasteiger partial charge is 0.313 e. The molecule has 1 nitrogen and oxygen atoms in total. The summed E-state index contributed by atoms with van der Waals surface area (Å²) in [5.74, 6) is 1.59. The summed E-state index contributed by atoms with van der Waals surface area (Å²) in [4.78, 5) is 0. The third-order valence-electron chi connectivity index (χ3n) is 4.15. The van der Waals surface area contributed by atoms with Gasteiger partial charge in [0.05, 0.1) is 10.0 Å². The summed E-state index contributed by atoms with van der Waals surface area (Å²) in [6.07, 6.45) is 5.27. The number of rotatable bonds is 3. The van der Waals surface area contributed by atoms with Gasteiger partial charge < -0.3 is 5.32 Å². The molecule has 18 heavy (non-hydrogen) atoms. The second kappa shape index (κ2) is 6.27. The van der Waals surface area contributed by atoms with Gasteiger partial charge in [-0.05, 0) is 49.4 Å². The third-order valence-corrected chi connectivity index (χ3v) is 4.88. The summed E-state index contributed by atoms with van der Waals surface area (Å²) in [5.41, 5.74) is 1.26. The Bertz CT molecular complexity index is 397. The van der Waals surface area contributed by atoms with Crippen molar-refractivity contribution < 1.29 is 0 Å². The van der Waals surface area contributed by atoms with Crippen LogP contribution in [0.1, 0.15) is 44.2 Å². The minimum Gasteiger partial charge on any atom is -0.313 e. The summed E-state index contributed by atoms with van der Waals surface area (Å²) >= 11 is 12.1. The zero-order chi connectivity index (χ0) is 13.1. The molecule has 1 aliphatic rings. The van der Waals surface area contributed by atoms with E-state index in [-0.39, 0.29) is 0 Å². The molecule has 1 atom stereocenters. The Hall–Kier alpha value is -0.240. The molecule has 1 N–H and O–H groups in total. The first-order valence-corrected chi connectivity index (χ1v) is 7.49. The fourth-order valence-electron chi connectivity index (χ4n) is 3.00. The lowest BCUT2D eigenvalue weighted by molar-refractivity contribution is 0.238. The number of hydrogen-bond acceptors (Lipinski definition) is 1. The highest BCUT2D eigenvalue weighted by molar-refractivity contribution is 6.42. The van der Waals surface area contributed by atoms with Crippen LogP contribution in [-0.2, 0) is 0 Å². The molecule has 0 saturated heterocycles. The molecule has 0 bridgehead atoms.